The van der Waals surface area contributed by atoms with Gasteiger partial charge in [-0.05, 0) is 107 Å². The number of rotatable bonds is 5. The van der Waals surface area contributed by atoms with E-state index in [1.54, 1.807) is 69.8 Å². The van der Waals surface area contributed by atoms with Gasteiger partial charge in [-0.15, -0.1) is 0 Å². The van der Waals surface area contributed by atoms with Crippen LogP contribution >= 0.6 is 0 Å². The Labute approximate surface area is 360 Å². The Morgan fingerprint density at radius 2 is 0.719 bits per heavy atom. The molecule has 0 amide bonds. The zero-order valence-electron chi connectivity index (χ0n) is 33.1. The van der Waals surface area contributed by atoms with Crippen molar-refractivity contribution < 1.29 is 26.3 Å². The summed E-state index contributed by atoms with van der Waals surface area (Å²) < 4.78 is 92.4. The van der Waals surface area contributed by atoms with Crippen LogP contribution in [0.25, 0.3) is 88.4 Å². The molecule has 0 unspecified atom stereocenters. The normalized spacial score (nSPS) is 11.9. The molecule has 0 aliphatic heterocycles. The Kier molecular flexibility index (Phi) is 9.14. The highest BCUT2D eigenvalue weighted by atomic mass is 19.4. The van der Waals surface area contributed by atoms with Crippen molar-refractivity contribution in [3.05, 3.63) is 192 Å². The van der Waals surface area contributed by atoms with Gasteiger partial charge in [0, 0.05) is 27.1 Å². The number of alkyl halides is 6. The van der Waals surface area contributed by atoms with Crippen LogP contribution in [0.2, 0.25) is 0 Å². The van der Waals surface area contributed by atoms with Crippen LogP contribution in [0, 0.1) is 34.0 Å². The fourth-order valence-corrected chi connectivity index (χ4v) is 8.72. The van der Waals surface area contributed by atoms with Crippen LogP contribution in [0.3, 0.4) is 0 Å². The lowest BCUT2D eigenvalue weighted by atomic mass is 9.94. The van der Waals surface area contributed by atoms with Gasteiger partial charge in [-0.3, -0.25) is 0 Å². The molecule has 2 aromatic heterocycles. The number of para-hydroxylation sites is 2. The maximum atomic E-state index is 14.8. The van der Waals surface area contributed by atoms with Gasteiger partial charge in [-0.2, -0.15) is 42.1 Å². The van der Waals surface area contributed by atoms with E-state index in [9.17, 15) is 42.1 Å². The molecule has 0 aliphatic rings. The number of nitrogens with zero attached hydrogens (tertiary/aromatic N) is 5. The molecular formula is C53H27F6N5. The van der Waals surface area contributed by atoms with Crippen molar-refractivity contribution in [2.75, 3.05) is 0 Å². The van der Waals surface area contributed by atoms with E-state index < -0.39 is 23.5 Å². The van der Waals surface area contributed by atoms with E-state index in [0.29, 0.717) is 33.2 Å². The Morgan fingerprint density at radius 1 is 0.344 bits per heavy atom. The van der Waals surface area contributed by atoms with Crippen molar-refractivity contribution in [2.24, 2.45) is 0 Å². The average Bonchev–Trinajstić information content (AvgIpc) is 3.82. The number of benzene rings is 8. The molecule has 0 saturated carbocycles. The highest BCUT2D eigenvalue weighted by molar-refractivity contribution is 6.13. The molecule has 0 radical (unpaired) electrons. The van der Waals surface area contributed by atoms with E-state index >= 15 is 0 Å². The van der Waals surface area contributed by atoms with Crippen molar-refractivity contribution >= 4 is 43.6 Å². The molecule has 0 spiro atoms. The third-order valence-corrected chi connectivity index (χ3v) is 11.6. The fourth-order valence-electron chi connectivity index (χ4n) is 8.72. The van der Waals surface area contributed by atoms with Gasteiger partial charge >= 0.3 is 12.4 Å². The van der Waals surface area contributed by atoms with Gasteiger partial charge in [0.1, 0.15) is 0 Å². The van der Waals surface area contributed by atoms with E-state index in [2.05, 4.69) is 18.2 Å². The lowest BCUT2D eigenvalue weighted by molar-refractivity contribution is -0.143. The quantitative estimate of drug-likeness (QED) is 0.162. The van der Waals surface area contributed by atoms with Gasteiger partial charge in [0.05, 0.1) is 79.5 Å². The second-order valence-corrected chi connectivity index (χ2v) is 15.3. The lowest BCUT2D eigenvalue weighted by Gasteiger charge is -2.22. The van der Waals surface area contributed by atoms with Crippen LogP contribution < -0.4 is 0 Å². The summed E-state index contributed by atoms with van der Waals surface area (Å²) in [6.07, 6.45) is -10.3. The minimum Gasteiger partial charge on any atom is -0.308 e. The van der Waals surface area contributed by atoms with E-state index in [-0.39, 0.29) is 34.1 Å². The molecule has 0 N–H and O–H groups in total. The monoisotopic (exact) mass is 847 g/mol. The molecule has 10 rings (SSSR count). The molecule has 10 aromatic rings. The van der Waals surface area contributed by atoms with Crippen LogP contribution in [-0.4, -0.2) is 9.13 Å². The molecule has 5 nitrogen and oxygen atoms in total. The summed E-state index contributed by atoms with van der Waals surface area (Å²) in [4.78, 5) is 0. The Balaban J connectivity index is 1.38. The molecule has 0 aliphatic carbocycles. The SMILES string of the molecule is N#Cc1ccc(-c2ccc3c4ccccc4n(-c4cc(C#N)cc(-n5c6ccccc6c6ccc(-c7ccc(C#N)cc7)cc65)c4-c4cc(C(F)(F)F)cc(C(F)(F)F)c4)c3c2)cc1. The van der Waals surface area contributed by atoms with Gasteiger partial charge < -0.3 is 9.13 Å². The third-order valence-electron chi connectivity index (χ3n) is 11.6. The first kappa shape index (κ1) is 39.5. The summed E-state index contributed by atoms with van der Waals surface area (Å²) in [5.41, 5.74) is 3.30. The van der Waals surface area contributed by atoms with Crippen LogP contribution in [0.4, 0.5) is 26.3 Å². The Hall–Kier alpha value is -8.59. The maximum absolute atomic E-state index is 14.8. The lowest BCUT2D eigenvalue weighted by Crippen LogP contribution is -2.12. The number of fused-ring (bicyclic) bond motifs is 6. The largest absolute Gasteiger partial charge is 0.416 e. The molecule has 0 fully saturated rings. The Bertz CT molecular complexity index is 3440. The second kappa shape index (κ2) is 14.8. The summed E-state index contributed by atoms with van der Waals surface area (Å²) in [5.74, 6) is 0. The summed E-state index contributed by atoms with van der Waals surface area (Å²) in [6.45, 7) is 0. The highest BCUT2D eigenvalue weighted by Crippen LogP contribution is 2.46. The molecule has 0 atom stereocenters. The minimum atomic E-state index is -5.16. The van der Waals surface area contributed by atoms with Crippen molar-refractivity contribution in [3.8, 4) is 63.0 Å². The van der Waals surface area contributed by atoms with Crippen molar-refractivity contribution in [1.82, 2.24) is 9.13 Å². The molecule has 11 heteroatoms. The summed E-state index contributed by atoms with van der Waals surface area (Å²) >= 11 is 0. The molecule has 64 heavy (non-hydrogen) atoms. The topological polar surface area (TPSA) is 81.2 Å². The van der Waals surface area contributed by atoms with Crippen LogP contribution in [-0.2, 0) is 12.4 Å². The van der Waals surface area contributed by atoms with E-state index in [4.69, 9.17) is 0 Å². The molecular weight excluding hydrogens is 821 g/mol. The third kappa shape index (κ3) is 6.57. The second-order valence-electron chi connectivity index (χ2n) is 15.3. The van der Waals surface area contributed by atoms with Gasteiger partial charge in [-0.1, -0.05) is 84.9 Å². The molecule has 8 aromatic carbocycles. The van der Waals surface area contributed by atoms with E-state index in [1.165, 1.54) is 12.1 Å². The molecule has 2 heterocycles. The number of nitriles is 3. The molecule has 306 valence electrons. The fraction of sp³-hybridized carbons (Fsp3) is 0.0377. The molecule has 0 saturated heterocycles. The first-order chi connectivity index (χ1) is 30.8. The highest BCUT2D eigenvalue weighted by Gasteiger charge is 2.38. The minimum absolute atomic E-state index is 0.00783. The number of hydrogen-bond acceptors (Lipinski definition) is 3. The van der Waals surface area contributed by atoms with Gasteiger partial charge in [0.15, 0.2) is 0 Å². The van der Waals surface area contributed by atoms with Gasteiger partial charge in [0.2, 0.25) is 0 Å². The Morgan fingerprint density at radius 3 is 1.11 bits per heavy atom. The predicted octanol–water partition coefficient (Wildman–Crippen LogP) is 14.5. The standard InChI is InChI=1S/C53H27F6N5/c54-52(55,56)39-23-38(24-40(27-39)53(57,58)59)51-49(63-45-7-3-1-5-41(45)43-19-17-36(25-47(43)63)34-13-9-31(28-60)10-14-34)21-33(30-62)22-50(51)64-46-8-4-2-6-42(46)44-20-18-37(26-48(44)64)35-15-11-32(29-61)12-16-35/h1-27H. The number of aromatic nitrogens is 2. The summed E-state index contributed by atoms with van der Waals surface area (Å²) in [5, 5.41) is 32.6. The predicted molar refractivity (Wildman–Crippen MR) is 236 cm³/mol. The van der Waals surface area contributed by atoms with Gasteiger partial charge in [0.25, 0.3) is 0 Å². The van der Waals surface area contributed by atoms with Crippen LogP contribution in [0.1, 0.15) is 27.8 Å². The van der Waals surface area contributed by atoms with E-state index in [0.717, 1.165) is 55.9 Å². The van der Waals surface area contributed by atoms with Crippen LogP contribution in [0.15, 0.2) is 164 Å². The van der Waals surface area contributed by atoms with Crippen molar-refractivity contribution in [3.63, 3.8) is 0 Å². The van der Waals surface area contributed by atoms with Crippen molar-refractivity contribution in [2.45, 2.75) is 12.4 Å². The van der Waals surface area contributed by atoms with Crippen LogP contribution in [0.5, 0.6) is 0 Å². The zero-order chi connectivity index (χ0) is 44.5. The number of hydrogen-bond donors (Lipinski definition) is 0. The maximum Gasteiger partial charge on any atom is 0.416 e. The average molecular weight is 848 g/mol. The first-order valence-corrected chi connectivity index (χ1v) is 19.8. The molecule has 0 bridgehead atoms. The van der Waals surface area contributed by atoms with Crippen molar-refractivity contribution in [1.29, 1.82) is 15.8 Å². The first-order valence-electron chi connectivity index (χ1n) is 19.8. The van der Waals surface area contributed by atoms with Gasteiger partial charge in [-0.25, -0.2) is 0 Å². The smallest absolute Gasteiger partial charge is 0.308 e. The zero-order valence-corrected chi connectivity index (χ0v) is 33.1. The number of halogens is 6. The van der Waals surface area contributed by atoms with E-state index in [1.807, 2.05) is 72.8 Å². The summed E-state index contributed by atoms with van der Waals surface area (Å²) in [6, 6.07) is 51.0. The summed E-state index contributed by atoms with van der Waals surface area (Å²) in [7, 11) is 0.